The summed E-state index contributed by atoms with van der Waals surface area (Å²) < 4.78 is 48.6. The molecule has 9 heteroatoms. The number of nitrogens with zero attached hydrogens (tertiary/aromatic N) is 4. The summed E-state index contributed by atoms with van der Waals surface area (Å²) in [5.74, 6) is 0.482. The largest absolute Gasteiger partial charge is 0.413 e. The molecule has 1 unspecified atom stereocenters. The number of anilines is 2. The van der Waals surface area contributed by atoms with E-state index in [1.54, 1.807) is 0 Å². The van der Waals surface area contributed by atoms with Gasteiger partial charge in [0.15, 0.2) is 5.54 Å². The first kappa shape index (κ1) is 19.8. The van der Waals surface area contributed by atoms with Gasteiger partial charge >= 0.3 is 6.18 Å². The Morgan fingerprint density at radius 3 is 2.52 bits per heavy atom. The van der Waals surface area contributed by atoms with E-state index in [0.717, 1.165) is 17.1 Å². The number of rotatable bonds is 4. The normalized spacial score (nSPS) is 22.1. The van der Waals surface area contributed by atoms with Crippen LogP contribution in [0.3, 0.4) is 0 Å². The zero-order chi connectivity index (χ0) is 20.6. The third-order valence-corrected chi connectivity index (χ3v) is 5.69. The summed E-state index contributed by atoms with van der Waals surface area (Å²) >= 11 is 0. The lowest BCUT2D eigenvalue weighted by Crippen LogP contribution is -2.56. The smallest absolute Gasteiger partial charge is 0.378 e. The zero-order valence-electron chi connectivity index (χ0n) is 16.2. The third-order valence-electron chi connectivity index (χ3n) is 5.69. The summed E-state index contributed by atoms with van der Waals surface area (Å²) in [5, 5.41) is 0. The summed E-state index contributed by atoms with van der Waals surface area (Å²) in [6, 6.07) is 10.7. The van der Waals surface area contributed by atoms with Gasteiger partial charge in [-0.15, -0.1) is 0 Å². The van der Waals surface area contributed by atoms with Gasteiger partial charge in [0.1, 0.15) is 5.82 Å². The van der Waals surface area contributed by atoms with Crippen LogP contribution in [0.15, 0.2) is 41.2 Å². The Bertz CT molecular complexity index is 926. The van der Waals surface area contributed by atoms with Crippen LogP contribution >= 0.6 is 0 Å². The quantitative estimate of drug-likeness (QED) is 0.778. The van der Waals surface area contributed by atoms with E-state index >= 15 is 0 Å². The second kappa shape index (κ2) is 7.37. The van der Waals surface area contributed by atoms with Crippen LogP contribution in [0.1, 0.15) is 12.5 Å². The molecule has 2 aliphatic rings. The molecule has 4 rings (SSSR count). The van der Waals surface area contributed by atoms with Crippen LogP contribution in [-0.4, -0.2) is 54.1 Å². The molecule has 1 fully saturated rings. The van der Waals surface area contributed by atoms with Crippen molar-refractivity contribution in [2.24, 2.45) is 0 Å². The lowest BCUT2D eigenvalue weighted by Gasteiger charge is -2.37. The molecule has 2 aliphatic heterocycles. The molecule has 3 heterocycles. The number of morpholine rings is 1. The molecule has 1 aromatic carbocycles. The van der Waals surface area contributed by atoms with Crippen molar-refractivity contribution < 1.29 is 17.9 Å². The molecule has 0 amide bonds. The number of ether oxygens (including phenoxy) is 1. The molecule has 0 radical (unpaired) electrons. The van der Waals surface area contributed by atoms with E-state index < -0.39 is 23.8 Å². The highest BCUT2D eigenvalue weighted by Crippen LogP contribution is 2.43. The number of hydrogen-bond donors (Lipinski definition) is 0. The van der Waals surface area contributed by atoms with Crippen LogP contribution in [0.5, 0.6) is 0 Å². The van der Waals surface area contributed by atoms with E-state index in [1.165, 1.54) is 11.0 Å². The summed E-state index contributed by atoms with van der Waals surface area (Å²) in [7, 11) is 0. The molecule has 0 spiro atoms. The number of fused-ring (bicyclic) bond motifs is 1. The average molecular weight is 408 g/mol. The number of halogens is 3. The lowest BCUT2D eigenvalue weighted by atomic mass is 10.00. The molecule has 0 saturated carbocycles. The van der Waals surface area contributed by atoms with Crippen LogP contribution in [0.2, 0.25) is 0 Å². The van der Waals surface area contributed by atoms with E-state index in [0.29, 0.717) is 38.5 Å². The fourth-order valence-corrected chi connectivity index (χ4v) is 3.88. The standard InChI is InChI=1S/C20H23F3N4O2/c1-19(20(21,22)23)14-26-17(28)13-16(25-9-11-29-12-10-25)24-18(26)27(19)8-7-15-5-3-2-4-6-15/h2-6,13H,7-12,14H2,1H3. The van der Waals surface area contributed by atoms with Crippen molar-refractivity contribution >= 4 is 11.8 Å². The molecular formula is C20H23F3N4O2. The first-order valence-electron chi connectivity index (χ1n) is 9.62. The van der Waals surface area contributed by atoms with Gasteiger partial charge in [-0.25, -0.2) is 0 Å². The maximum atomic E-state index is 14.1. The Hall–Kier alpha value is -2.55. The fraction of sp³-hybridized carbons (Fsp3) is 0.500. The summed E-state index contributed by atoms with van der Waals surface area (Å²) in [5.41, 5.74) is -1.72. The lowest BCUT2D eigenvalue weighted by molar-refractivity contribution is -0.182. The van der Waals surface area contributed by atoms with E-state index in [9.17, 15) is 18.0 Å². The van der Waals surface area contributed by atoms with Crippen LogP contribution < -0.4 is 15.4 Å². The highest BCUT2D eigenvalue weighted by Gasteiger charge is 2.59. The van der Waals surface area contributed by atoms with Crippen molar-refractivity contribution in [2.75, 3.05) is 42.6 Å². The highest BCUT2D eigenvalue weighted by molar-refractivity contribution is 5.50. The van der Waals surface area contributed by atoms with Crippen molar-refractivity contribution in [3.63, 3.8) is 0 Å². The van der Waals surface area contributed by atoms with Crippen LogP contribution in [0.4, 0.5) is 24.9 Å². The topological polar surface area (TPSA) is 50.6 Å². The van der Waals surface area contributed by atoms with Gasteiger partial charge in [-0.1, -0.05) is 30.3 Å². The minimum absolute atomic E-state index is 0.0785. The fourth-order valence-electron chi connectivity index (χ4n) is 3.88. The molecule has 2 aromatic rings. The molecule has 1 atom stereocenters. The minimum Gasteiger partial charge on any atom is -0.378 e. The molecular weight excluding hydrogens is 385 g/mol. The molecule has 29 heavy (non-hydrogen) atoms. The predicted molar refractivity (Wildman–Crippen MR) is 103 cm³/mol. The Morgan fingerprint density at radius 1 is 1.17 bits per heavy atom. The van der Waals surface area contributed by atoms with Crippen molar-refractivity contribution in [2.45, 2.75) is 31.6 Å². The zero-order valence-corrected chi connectivity index (χ0v) is 16.2. The molecule has 0 bridgehead atoms. The molecule has 0 aliphatic carbocycles. The Kier molecular flexibility index (Phi) is 5.02. The SMILES string of the molecule is CC1(C(F)(F)F)Cn2c(nc(N3CCOCC3)cc2=O)N1CCc1ccccc1. The highest BCUT2D eigenvalue weighted by atomic mass is 19.4. The Morgan fingerprint density at radius 2 is 1.86 bits per heavy atom. The van der Waals surface area contributed by atoms with Gasteiger partial charge in [0.25, 0.3) is 5.56 Å². The second-order valence-corrected chi connectivity index (χ2v) is 7.60. The van der Waals surface area contributed by atoms with E-state index in [1.807, 2.05) is 35.2 Å². The maximum Gasteiger partial charge on any atom is 0.413 e. The van der Waals surface area contributed by atoms with Gasteiger partial charge in [0, 0.05) is 25.7 Å². The summed E-state index contributed by atoms with van der Waals surface area (Å²) in [4.78, 5) is 20.3. The first-order valence-corrected chi connectivity index (χ1v) is 9.62. The van der Waals surface area contributed by atoms with Gasteiger partial charge in [-0.05, 0) is 18.9 Å². The average Bonchev–Trinajstić information content (AvgIpc) is 3.01. The number of hydrogen-bond acceptors (Lipinski definition) is 5. The summed E-state index contributed by atoms with van der Waals surface area (Å²) in [6.07, 6.45) is -4.09. The van der Waals surface area contributed by atoms with Crippen LogP contribution in [-0.2, 0) is 17.7 Å². The molecule has 0 N–H and O–H groups in total. The van der Waals surface area contributed by atoms with E-state index in [2.05, 4.69) is 4.98 Å². The maximum absolute atomic E-state index is 14.1. The van der Waals surface area contributed by atoms with E-state index in [4.69, 9.17) is 4.74 Å². The number of aromatic nitrogens is 2. The van der Waals surface area contributed by atoms with Crippen molar-refractivity contribution in [1.82, 2.24) is 9.55 Å². The van der Waals surface area contributed by atoms with Crippen molar-refractivity contribution in [1.29, 1.82) is 0 Å². The van der Waals surface area contributed by atoms with Gasteiger partial charge in [-0.2, -0.15) is 18.2 Å². The van der Waals surface area contributed by atoms with Crippen molar-refractivity contribution in [3.05, 3.63) is 52.3 Å². The van der Waals surface area contributed by atoms with E-state index in [-0.39, 0.29) is 12.5 Å². The predicted octanol–water partition coefficient (Wildman–Crippen LogP) is 2.46. The number of alkyl halides is 3. The Labute approximate surface area is 166 Å². The molecule has 1 saturated heterocycles. The number of benzene rings is 1. The monoisotopic (exact) mass is 408 g/mol. The van der Waals surface area contributed by atoms with Crippen molar-refractivity contribution in [3.8, 4) is 0 Å². The molecule has 156 valence electrons. The van der Waals surface area contributed by atoms with Gasteiger partial charge in [-0.3, -0.25) is 9.36 Å². The van der Waals surface area contributed by atoms with Gasteiger partial charge in [0.2, 0.25) is 5.95 Å². The Balaban J connectivity index is 1.72. The molecule has 1 aromatic heterocycles. The summed E-state index contributed by atoms with van der Waals surface area (Å²) in [6.45, 7) is 2.89. The van der Waals surface area contributed by atoms with Crippen LogP contribution in [0, 0.1) is 0 Å². The first-order chi connectivity index (χ1) is 13.8. The van der Waals surface area contributed by atoms with Gasteiger partial charge in [0.05, 0.1) is 19.8 Å². The second-order valence-electron chi connectivity index (χ2n) is 7.60. The van der Waals surface area contributed by atoms with Gasteiger partial charge < -0.3 is 14.5 Å². The minimum atomic E-state index is -4.51. The van der Waals surface area contributed by atoms with Crippen LogP contribution in [0.25, 0.3) is 0 Å². The molecule has 6 nitrogen and oxygen atoms in total. The third kappa shape index (κ3) is 3.59.